The second-order valence-electron chi connectivity index (χ2n) is 5.82. The molecular weight excluding hydrogens is 312 g/mol. The fourth-order valence-electron chi connectivity index (χ4n) is 2.21. The Morgan fingerprint density at radius 2 is 1.76 bits per heavy atom. The molecule has 1 aliphatic rings. The number of hydrogen-bond donors (Lipinski definition) is 1. The molecule has 0 unspecified atom stereocenters. The summed E-state index contributed by atoms with van der Waals surface area (Å²) in [6.07, 6.45) is 28.2. The Kier molecular flexibility index (Phi) is 11.9. The lowest BCUT2D eigenvalue weighted by atomic mass is 10.2. The second-order valence-corrected chi connectivity index (χ2v) is 5.82. The van der Waals surface area contributed by atoms with Crippen LogP contribution >= 0.6 is 0 Å². The number of cyclic esters (lactones) is 1. The van der Waals surface area contributed by atoms with Crippen LogP contribution in [0.4, 0.5) is 0 Å². The van der Waals surface area contributed by atoms with Gasteiger partial charge >= 0.3 is 5.97 Å². The van der Waals surface area contributed by atoms with Crippen LogP contribution in [-0.4, -0.2) is 23.3 Å². The Morgan fingerprint density at radius 3 is 2.40 bits per heavy atom. The predicted octanol–water partition coefficient (Wildman–Crippen LogP) is 4.97. The van der Waals surface area contributed by atoms with Gasteiger partial charge in [-0.15, -0.1) is 0 Å². The van der Waals surface area contributed by atoms with Gasteiger partial charge in [0.2, 0.25) is 0 Å². The van der Waals surface area contributed by atoms with Crippen LogP contribution in [0, 0.1) is 0 Å². The Hall–Kier alpha value is -2.13. The highest BCUT2D eigenvalue weighted by Gasteiger charge is 2.19. The lowest BCUT2D eigenvalue weighted by Crippen LogP contribution is -2.01. The van der Waals surface area contributed by atoms with Crippen LogP contribution in [0.5, 0.6) is 0 Å². The van der Waals surface area contributed by atoms with Crippen LogP contribution in [0.25, 0.3) is 0 Å². The van der Waals surface area contributed by atoms with E-state index in [1.165, 1.54) is 0 Å². The van der Waals surface area contributed by atoms with E-state index in [9.17, 15) is 9.90 Å². The highest BCUT2D eigenvalue weighted by atomic mass is 16.5. The summed E-state index contributed by atoms with van der Waals surface area (Å²) < 4.78 is 5.09. The number of carbonyl (C=O) groups is 1. The van der Waals surface area contributed by atoms with E-state index in [-0.39, 0.29) is 12.1 Å². The maximum atomic E-state index is 10.9. The molecule has 0 spiro atoms. The number of esters is 1. The molecule has 1 heterocycles. The molecule has 0 aromatic carbocycles. The predicted molar refractivity (Wildman–Crippen MR) is 104 cm³/mol. The van der Waals surface area contributed by atoms with Crippen molar-refractivity contribution < 1.29 is 14.6 Å². The maximum Gasteiger partial charge on any atom is 0.306 e. The van der Waals surface area contributed by atoms with Gasteiger partial charge in [-0.25, -0.2) is 0 Å². The molecule has 25 heavy (non-hydrogen) atoms. The molecule has 1 rings (SSSR count). The van der Waals surface area contributed by atoms with E-state index < -0.39 is 6.10 Å². The van der Waals surface area contributed by atoms with Crippen LogP contribution in [0.3, 0.4) is 0 Å². The molecular formula is C22H30O3. The topological polar surface area (TPSA) is 46.5 Å². The van der Waals surface area contributed by atoms with Crippen LogP contribution in [0.2, 0.25) is 0 Å². The number of aliphatic hydroxyl groups is 1. The van der Waals surface area contributed by atoms with Crippen molar-refractivity contribution in [3.63, 3.8) is 0 Å². The van der Waals surface area contributed by atoms with Crippen LogP contribution in [0.1, 0.15) is 45.4 Å². The average Bonchev–Trinajstić information content (AvgIpc) is 3.01. The minimum atomic E-state index is -0.408. The van der Waals surface area contributed by atoms with E-state index in [1.54, 1.807) is 6.08 Å². The molecule has 2 atom stereocenters. The van der Waals surface area contributed by atoms with Gasteiger partial charge in [-0.05, 0) is 38.2 Å². The largest absolute Gasteiger partial charge is 0.458 e. The standard InChI is InChI=1S/C22H30O3/c1-2-3-12-15-20(23)16-13-10-8-6-4-5-7-9-11-14-17-21-18-19-22(24)25-21/h3-5,8-14,16-17,20-21,23H,2,6-7,15,18-19H2,1H3/b5-4-,10-8-,11-9-,12-3-,16-13+,17-14+/t20-,21-/m0/s1. The SMILES string of the molecule is CC/C=C\C[C@H](O)/C=C/C=C\C/C=C\C/C=C\C=C\[C@H]1CCC(=O)O1. The number of rotatable bonds is 11. The Morgan fingerprint density at radius 1 is 1.04 bits per heavy atom. The first-order valence-corrected chi connectivity index (χ1v) is 9.06. The summed E-state index contributed by atoms with van der Waals surface area (Å²) in [5.41, 5.74) is 0. The minimum Gasteiger partial charge on any atom is -0.458 e. The summed E-state index contributed by atoms with van der Waals surface area (Å²) in [5, 5.41) is 9.68. The van der Waals surface area contributed by atoms with Gasteiger partial charge in [0.15, 0.2) is 0 Å². The van der Waals surface area contributed by atoms with Gasteiger partial charge in [-0.3, -0.25) is 4.79 Å². The first-order chi connectivity index (χ1) is 12.2. The van der Waals surface area contributed by atoms with Gasteiger partial charge in [0.25, 0.3) is 0 Å². The lowest BCUT2D eigenvalue weighted by Gasteiger charge is -1.99. The monoisotopic (exact) mass is 342 g/mol. The molecule has 0 bridgehead atoms. The molecule has 0 saturated carbocycles. The molecule has 1 aliphatic heterocycles. The van der Waals surface area contributed by atoms with Gasteiger partial charge in [0.1, 0.15) is 6.10 Å². The first kappa shape index (κ1) is 20.9. The average molecular weight is 342 g/mol. The zero-order chi connectivity index (χ0) is 18.2. The van der Waals surface area contributed by atoms with E-state index in [0.29, 0.717) is 12.8 Å². The van der Waals surface area contributed by atoms with Crippen molar-refractivity contribution in [1.29, 1.82) is 0 Å². The highest BCUT2D eigenvalue weighted by molar-refractivity contribution is 5.71. The first-order valence-electron chi connectivity index (χ1n) is 9.06. The molecule has 1 fully saturated rings. The molecule has 1 N–H and O–H groups in total. The molecule has 0 aromatic heterocycles. The van der Waals surface area contributed by atoms with Crippen LogP contribution < -0.4 is 0 Å². The van der Waals surface area contributed by atoms with Crippen molar-refractivity contribution in [2.45, 2.75) is 57.7 Å². The van der Waals surface area contributed by atoms with Gasteiger partial charge in [-0.1, -0.05) is 73.8 Å². The zero-order valence-electron chi connectivity index (χ0n) is 15.1. The van der Waals surface area contributed by atoms with Crippen LogP contribution in [-0.2, 0) is 9.53 Å². The van der Waals surface area contributed by atoms with Crippen LogP contribution in [0.15, 0.2) is 72.9 Å². The van der Waals surface area contributed by atoms with Crippen molar-refractivity contribution in [2.24, 2.45) is 0 Å². The number of aliphatic hydroxyl groups excluding tert-OH is 1. The minimum absolute atomic E-state index is 0.0490. The molecule has 0 amide bonds. The third-order valence-corrected chi connectivity index (χ3v) is 3.56. The Bertz CT molecular complexity index is 535. The quantitative estimate of drug-likeness (QED) is 0.327. The third kappa shape index (κ3) is 12.0. The second kappa shape index (κ2) is 14.2. The van der Waals surface area contributed by atoms with Crippen molar-refractivity contribution in [1.82, 2.24) is 0 Å². The number of allylic oxidation sites excluding steroid dienone is 9. The van der Waals surface area contributed by atoms with Gasteiger partial charge in [-0.2, -0.15) is 0 Å². The molecule has 0 radical (unpaired) electrons. The summed E-state index contributed by atoms with van der Waals surface area (Å²) in [5.74, 6) is -0.104. The summed E-state index contributed by atoms with van der Waals surface area (Å²) in [6, 6.07) is 0. The van der Waals surface area contributed by atoms with Crippen molar-refractivity contribution in [2.75, 3.05) is 0 Å². The molecule has 0 aromatic rings. The van der Waals surface area contributed by atoms with E-state index in [0.717, 1.165) is 25.7 Å². The lowest BCUT2D eigenvalue weighted by molar-refractivity contribution is -0.139. The van der Waals surface area contributed by atoms with E-state index in [2.05, 4.69) is 37.3 Å². The number of ether oxygens (including phenoxy) is 1. The fraction of sp³-hybridized carbons (Fsp3) is 0.409. The molecule has 0 aliphatic carbocycles. The Labute approximate surface area is 151 Å². The normalized spacial score (nSPS) is 20.4. The summed E-state index contributed by atoms with van der Waals surface area (Å²) in [4.78, 5) is 10.9. The van der Waals surface area contributed by atoms with E-state index in [1.807, 2.05) is 36.5 Å². The molecule has 3 heteroatoms. The van der Waals surface area contributed by atoms with Gasteiger partial charge in [0.05, 0.1) is 6.10 Å². The highest BCUT2D eigenvalue weighted by Crippen LogP contribution is 2.14. The van der Waals surface area contributed by atoms with Crippen molar-refractivity contribution in [3.05, 3.63) is 72.9 Å². The van der Waals surface area contributed by atoms with Crippen molar-refractivity contribution in [3.8, 4) is 0 Å². The zero-order valence-corrected chi connectivity index (χ0v) is 15.1. The number of hydrogen-bond acceptors (Lipinski definition) is 3. The molecule has 1 saturated heterocycles. The van der Waals surface area contributed by atoms with Crippen molar-refractivity contribution >= 4 is 5.97 Å². The van der Waals surface area contributed by atoms with E-state index >= 15 is 0 Å². The summed E-state index contributed by atoms with van der Waals surface area (Å²) >= 11 is 0. The fourth-order valence-corrected chi connectivity index (χ4v) is 2.21. The Balaban J connectivity index is 2.07. The summed E-state index contributed by atoms with van der Waals surface area (Å²) in [7, 11) is 0. The van der Waals surface area contributed by atoms with E-state index in [4.69, 9.17) is 4.74 Å². The molecule has 136 valence electrons. The van der Waals surface area contributed by atoms with Gasteiger partial charge in [0, 0.05) is 6.42 Å². The number of carbonyl (C=O) groups excluding carboxylic acids is 1. The smallest absolute Gasteiger partial charge is 0.306 e. The third-order valence-electron chi connectivity index (χ3n) is 3.56. The molecule has 3 nitrogen and oxygen atoms in total. The van der Waals surface area contributed by atoms with Gasteiger partial charge < -0.3 is 9.84 Å². The maximum absolute atomic E-state index is 10.9. The summed E-state index contributed by atoms with van der Waals surface area (Å²) in [6.45, 7) is 2.08.